The predicted octanol–water partition coefficient (Wildman–Crippen LogP) is 4.05. The van der Waals surface area contributed by atoms with Gasteiger partial charge in [-0.15, -0.1) is 0 Å². The van der Waals surface area contributed by atoms with Crippen molar-refractivity contribution in [2.45, 2.75) is 12.7 Å². The lowest BCUT2D eigenvalue weighted by Crippen LogP contribution is -2.30. The summed E-state index contributed by atoms with van der Waals surface area (Å²) in [6.07, 6.45) is -4.49. The maximum atomic E-state index is 13.1. The Hall–Kier alpha value is -2.48. The van der Waals surface area contributed by atoms with E-state index in [4.69, 9.17) is 0 Å². The Kier molecular flexibility index (Phi) is 5.73. The lowest BCUT2D eigenvalue weighted by atomic mass is 10.1. The number of alkyl halides is 3. The van der Waals surface area contributed by atoms with Gasteiger partial charge in [-0.25, -0.2) is 8.78 Å². The summed E-state index contributed by atoms with van der Waals surface area (Å²) in [6, 6.07) is 7.62. The first-order valence-electron chi connectivity index (χ1n) is 7.25. The van der Waals surface area contributed by atoms with Gasteiger partial charge in [0.2, 0.25) is 5.91 Å². The molecule has 0 bridgehead atoms. The number of carbonyl (C=O) groups excluding carboxylic acids is 1. The fraction of sp³-hybridized carbons (Fsp3) is 0.235. The van der Waals surface area contributed by atoms with Crippen molar-refractivity contribution in [1.29, 1.82) is 0 Å². The van der Waals surface area contributed by atoms with Crippen molar-refractivity contribution in [3.63, 3.8) is 0 Å². The van der Waals surface area contributed by atoms with Crippen LogP contribution in [-0.2, 0) is 17.5 Å². The smallest absolute Gasteiger partial charge is 0.325 e. The van der Waals surface area contributed by atoms with E-state index in [1.165, 1.54) is 30.1 Å². The maximum Gasteiger partial charge on any atom is 0.416 e. The number of benzene rings is 2. The molecular weight excluding hydrogens is 343 g/mol. The van der Waals surface area contributed by atoms with Crippen LogP contribution in [0.15, 0.2) is 42.5 Å². The number of halogens is 5. The molecule has 0 fully saturated rings. The summed E-state index contributed by atoms with van der Waals surface area (Å²) in [4.78, 5) is 13.3. The molecular formula is C17H15F5N2O. The molecule has 134 valence electrons. The van der Waals surface area contributed by atoms with Gasteiger partial charge in [-0.2, -0.15) is 13.2 Å². The summed E-state index contributed by atoms with van der Waals surface area (Å²) in [7, 11) is 1.47. The lowest BCUT2D eigenvalue weighted by Gasteiger charge is -2.19. The van der Waals surface area contributed by atoms with E-state index in [-0.39, 0.29) is 24.3 Å². The van der Waals surface area contributed by atoms with Crippen molar-refractivity contribution < 1.29 is 26.7 Å². The van der Waals surface area contributed by atoms with Gasteiger partial charge in [0.05, 0.1) is 12.1 Å². The Morgan fingerprint density at radius 2 is 1.68 bits per heavy atom. The first-order valence-corrected chi connectivity index (χ1v) is 7.25. The minimum atomic E-state index is -4.49. The molecule has 0 aromatic heterocycles. The monoisotopic (exact) mass is 358 g/mol. The van der Waals surface area contributed by atoms with E-state index >= 15 is 0 Å². The summed E-state index contributed by atoms with van der Waals surface area (Å²) in [5.74, 6) is -2.29. The Morgan fingerprint density at radius 1 is 1.08 bits per heavy atom. The van der Waals surface area contributed by atoms with Crippen LogP contribution in [0, 0.1) is 11.6 Å². The molecule has 2 rings (SSSR count). The van der Waals surface area contributed by atoms with Gasteiger partial charge in [0.25, 0.3) is 0 Å². The average Bonchev–Trinajstić information content (AvgIpc) is 2.44. The van der Waals surface area contributed by atoms with Crippen LogP contribution < -0.4 is 5.32 Å². The van der Waals surface area contributed by atoms with Crippen LogP contribution in [0.2, 0.25) is 0 Å². The van der Waals surface area contributed by atoms with Crippen LogP contribution in [0.4, 0.5) is 27.6 Å². The molecule has 0 radical (unpaired) electrons. The Balaban J connectivity index is 2.01. The number of amides is 1. The Labute approximate surface area is 141 Å². The second-order valence-corrected chi connectivity index (χ2v) is 5.53. The molecule has 3 nitrogen and oxygen atoms in total. The number of rotatable bonds is 5. The van der Waals surface area contributed by atoms with Crippen molar-refractivity contribution >= 4 is 11.6 Å². The van der Waals surface area contributed by atoms with Gasteiger partial charge in [-0.05, 0) is 30.8 Å². The zero-order valence-corrected chi connectivity index (χ0v) is 13.2. The number of nitrogens with one attached hydrogen (secondary N) is 1. The lowest BCUT2D eigenvalue weighted by molar-refractivity contribution is -0.138. The number of anilines is 1. The van der Waals surface area contributed by atoms with Crippen molar-refractivity contribution in [2.75, 3.05) is 18.9 Å². The zero-order chi connectivity index (χ0) is 18.6. The highest BCUT2D eigenvalue weighted by Gasteiger charge is 2.33. The molecule has 0 unspecified atom stereocenters. The van der Waals surface area contributed by atoms with E-state index < -0.39 is 29.3 Å². The largest absolute Gasteiger partial charge is 0.416 e. The molecule has 0 aliphatic rings. The van der Waals surface area contributed by atoms with E-state index in [0.717, 1.165) is 18.2 Å². The topological polar surface area (TPSA) is 32.3 Å². The number of hydrogen-bond donors (Lipinski definition) is 1. The number of likely N-dealkylation sites (N-methyl/N-ethyl adjacent to an activating group) is 1. The van der Waals surface area contributed by atoms with Gasteiger partial charge in [-0.1, -0.05) is 18.2 Å². The van der Waals surface area contributed by atoms with E-state index in [0.29, 0.717) is 6.07 Å². The van der Waals surface area contributed by atoms with Gasteiger partial charge < -0.3 is 5.32 Å². The second kappa shape index (κ2) is 7.60. The molecule has 0 heterocycles. The van der Waals surface area contributed by atoms with E-state index in [1.807, 2.05) is 0 Å². The third-order valence-electron chi connectivity index (χ3n) is 3.32. The molecule has 0 aliphatic carbocycles. The fourth-order valence-electron chi connectivity index (χ4n) is 2.35. The average molecular weight is 358 g/mol. The first-order chi connectivity index (χ1) is 11.6. The SMILES string of the molecule is CN(CC(=O)Nc1cc(F)cc(F)c1)Cc1ccccc1C(F)(F)F. The van der Waals surface area contributed by atoms with Gasteiger partial charge >= 0.3 is 6.18 Å². The molecule has 2 aromatic rings. The van der Waals surface area contributed by atoms with Crippen molar-refractivity contribution in [3.8, 4) is 0 Å². The Morgan fingerprint density at radius 3 is 2.28 bits per heavy atom. The van der Waals surface area contributed by atoms with Crippen LogP contribution in [0.1, 0.15) is 11.1 Å². The molecule has 1 amide bonds. The standard InChI is InChI=1S/C17H15F5N2O/c1-24(9-11-4-2-3-5-15(11)17(20,21)22)10-16(25)23-14-7-12(18)6-13(19)8-14/h2-8H,9-10H2,1H3,(H,23,25). The quantitative estimate of drug-likeness (QED) is 0.818. The third-order valence-corrected chi connectivity index (χ3v) is 3.32. The molecule has 0 saturated carbocycles. The van der Waals surface area contributed by atoms with Crippen molar-refractivity contribution in [3.05, 3.63) is 65.2 Å². The third kappa shape index (κ3) is 5.53. The molecule has 0 spiro atoms. The zero-order valence-electron chi connectivity index (χ0n) is 13.2. The highest BCUT2D eigenvalue weighted by molar-refractivity contribution is 5.92. The minimum Gasteiger partial charge on any atom is -0.325 e. The predicted molar refractivity (Wildman–Crippen MR) is 82.8 cm³/mol. The molecule has 1 N–H and O–H groups in total. The van der Waals surface area contributed by atoms with Gasteiger partial charge in [0.15, 0.2) is 0 Å². The summed E-state index contributed by atoms with van der Waals surface area (Å²) < 4.78 is 65.0. The molecule has 25 heavy (non-hydrogen) atoms. The summed E-state index contributed by atoms with van der Waals surface area (Å²) in [6.45, 7) is -0.356. The molecule has 0 aliphatic heterocycles. The van der Waals surface area contributed by atoms with Crippen LogP contribution in [0.5, 0.6) is 0 Å². The van der Waals surface area contributed by atoms with Crippen LogP contribution in [-0.4, -0.2) is 24.4 Å². The summed E-state index contributed by atoms with van der Waals surface area (Å²) >= 11 is 0. The van der Waals surface area contributed by atoms with E-state index in [1.54, 1.807) is 0 Å². The van der Waals surface area contributed by atoms with Gasteiger partial charge in [0.1, 0.15) is 11.6 Å². The molecule has 2 aromatic carbocycles. The first kappa shape index (κ1) is 18.9. The number of nitrogens with zero attached hydrogens (tertiary/aromatic N) is 1. The number of hydrogen-bond acceptors (Lipinski definition) is 2. The normalized spacial score (nSPS) is 11.6. The van der Waals surface area contributed by atoms with E-state index in [2.05, 4.69) is 5.32 Å². The second-order valence-electron chi connectivity index (χ2n) is 5.53. The van der Waals surface area contributed by atoms with Crippen LogP contribution in [0.3, 0.4) is 0 Å². The summed E-state index contributed by atoms with van der Waals surface area (Å²) in [5.41, 5.74) is -0.803. The van der Waals surface area contributed by atoms with Crippen molar-refractivity contribution in [2.24, 2.45) is 0 Å². The number of carbonyl (C=O) groups is 1. The van der Waals surface area contributed by atoms with Crippen LogP contribution >= 0.6 is 0 Å². The highest BCUT2D eigenvalue weighted by atomic mass is 19.4. The Bertz CT molecular complexity index is 741. The highest BCUT2D eigenvalue weighted by Crippen LogP contribution is 2.32. The minimum absolute atomic E-state index is 0.0297. The van der Waals surface area contributed by atoms with Crippen molar-refractivity contribution in [1.82, 2.24) is 4.90 Å². The van der Waals surface area contributed by atoms with Gasteiger partial charge in [0, 0.05) is 18.3 Å². The van der Waals surface area contributed by atoms with E-state index in [9.17, 15) is 26.7 Å². The fourth-order valence-corrected chi connectivity index (χ4v) is 2.35. The molecule has 0 atom stereocenters. The van der Waals surface area contributed by atoms with Gasteiger partial charge in [-0.3, -0.25) is 9.69 Å². The van der Waals surface area contributed by atoms with Crippen LogP contribution in [0.25, 0.3) is 0 Å². The summed E-state index contributed by atoms with van der Waals surface area (Å²) in [5, 5.41) is 2.30. The maximum absolute atomic E-state index is 13.1. The molecule has 8 heteroatoms. The molecule has 0 saturated heterocycles.